The Bertz CT molecular complexity index is 956. The molecule has 1 aliphatic rings. The van der Waals surface area contributed by atoms with Crippen LogP contribution in [0.4, 0.5) is 0 Å². The minimum Gasteiger partial charge on any atom is -0.507 e. The van der Waals surface area contributed by atoms with E-state index in [9.17, 15) is 29.4 Å². The molecular formula is C18H12O7. The van der Waals surface area contributed by atoms with Crippen molar-refractivity contribution in [2.75, 3.05) is 6.61 Å². The number of rotatable bonds is 3. The molecule has 0 radical (unpaired) electrons. The number of fused-ring (bicyclic) bond motifs is 2. The third-order valence-electron chi connectivity index (χ3n) is 3.87. The van der Waals surface area contributed by atoms with Crippen molar-refractivity contribution in [3.05, 3.63) is 63.7 Å². The third-order valence-corrected chi connectivity index (χ3v) is 3.87. The van der Waals surface area contributed by atoms with Gasteiger partial charge < -0.3 is 14.9 Å². The van der Waals surface area contributed by atoms with E-state index in [2.05, 4.69) is 0 Å². The predicted molar refractivity (Wildman–Crippen MR) is 84.3 cm³/mol. The molecule has 0 fully saturated rings. The first-order valence-corrected chi connectivity index (χ1v) is 7.36. The van der Waals surface area contributed by atoms with Crippen molar-refractivity contribution in [2.45, 2.75) is 6.92 Å². The van der Waals surface area contributed by atoms with Crippen molar-refractivity contribution >= 4 is 23.5 Å². The van der Waals surface area contributed by atoms with Crippen LogP contribution < -0.4 is 0 Å². The number of carboxylic acid groups (broad SMARTS) is 1. The number of carbonyl (C=O) groups is 4. The molecule has 2 N–H and O–H groups in total. The van der Waals surface area contributed by atoms with Crippen molar-refractivity contribution in [3.8, 4) is 5.75 Å². The van der Waals surface area contributed by atoms with Crippen LogP contribution in [-0.4, -0.2) is 40.3 Å². The zero-order chi connectivity index (χ0) is 18.3. The smallest absolute Gasteiger partial charge is 0.338 e. The van der Waals surface area contributed by atoms with Crippen LogP contribution in [0.25, 0.3) is 0 Å². The van der Waals surface area contributed by atoms with E-state index in [0.717, 1.165) is 12.1 Å². The average Bonchev–Trinajstić information content (AvgIpc) is 2.58. The lowest BCUT2D eigenvalue weighted by molar-refractivity contribution is 0.0526. The van der Waals surface area contributed by atoms with Crippen LogP contribution in [0.3, 0.4) is 0 Å². The van der Waals surface area contributed by atoms with Crippen molar-refractivity contribution in [1.82, 2.24) is 0 Å². The highest BCUT2D eigenvalue weighted by Gasteiger charge is 2.36. The average molecular weight is 340 g/mol. The Morgan fingerprint density at radius 2 is 1.72 bits per heavy atom. The Balaban J connectivity index is 2.32. The van der Waals surface area contributed by atoms with Gasteiger partial charge in [0.1, 0.15) is 5.75 Å². The highest BCUT2D eigenvalue weighted by Crippen LogP contribution is 2.34. The Morgan fingerprint density at radius 3 is 2.36 bits per heavy atom. The van der Waals surface area contributed by atoms with E-state index >= 15 is 0 Å². The van der Waals surface area contributed by atoms with Gasteiger partial charge in [-0.1, -0.05) is 12.1 Å². The number of ether oxygens (including phenoxy) is 1. The maximum absolute atomic E-state index is 12.7. The molecule has 0 amide bonds. The molecule has 0 heterocycles. The van der Waals surface area contributed by atoms with Gasteiger partial charge in [-0.15, -0.1) is 0 Å². The van der Waals surface area contributed by atoms with E-state index in [1.54, 1.807) is 6.92 Å². The SMILES string of the molecule is CCOC(=O)c1cc(C(=O)O)c2c(c1)C(=O)c1c(O)cccc1C2=O. The minimum absolute atomic E-state index is 0.0643. The van der Waals surface area contributed by atoms with E-state index < -0.39 is 29.1 Å². The van der Waals surface area contributed by atoms with Crippen LogP contribution in [-0.2, 0) is 4.74 Å². The van der Waals surface area contributed by atoms with Gasteiger partial charge in [0, 0.05) is 16.7 Å². The summed E-state index contributed by atoms with van der Waals surface area (Å²) in [4.78, 5) is 48.9. The molecule has 7 heteroatoms. The largest absolute Gasteiger partial charge is 0.507 e. The highest BCUT2D eigenvalue weighted by molar-refractivity contribution is 6.31. The van der Waals surface area contributed by atoms with E-state index in [-0.39, 0.29) is 40.2 Å². The lowest BCUT2D eigenvalue weighted by Crippen LogP contribution is -2.25. The fourth-order valence-electron chi connectivity index (χ4n) is 2.80. The van der Waals surface area contributed by atoms with Gasteiger partial charge in [-0.2, -0.15) is 0 Å². The number of phenolic OH excluding ortho intramolecular Hbond substituents is 1. The van der Waals surface area contributed by atoms with Gasteiger partial charge in [-0.3, -0.25) is 9.59 Å². The van der Waals surface area contributed by atoms with Crippen LogP contribution >= 0.6 is 0 Å². The fourth-order valence-corrected chi connectivity index (χ4v) is 2.80. The molecule has 0 spiro atoms. The molecule has 126 valence electrons. The van der Waals surface area contributed by atoms with E-state index in [1.807, 2.05) is 0 Å². The summed E-state index contributed by atoms with van der Waals surface area (Å²) in [5, 5.41) is 19.3. The summed E-state index contributed by atoms with van der Waals surface area (Å²) < 4.78 is 4.83. The van der Waals surface area contributed by atoms with Crippen molar-refractivity contribution < 1.29 is 34.1 Å². The Hall–Kier alpha value is -3.48. The minimum atomic E-state index is -1.45. The van der Waals surface area contributed by atoms with Gasteiger partial charge in [0.2, 0.25) is 0 Å². The Morgan fingerprint density at radius 1 is 1.04 bits per heavy atom. The molecule has 0 bridgehead atoms. The molecule has 0 saturated heterocycles. The molecule has 0 atom stereocenters. The van der Waals surface area contributed by atoms with Gasteiger partial charge in [-0.05, 0) is 25.1 Å². The molecule has 2 aromatic rings. The molecular weight excluding hydrogens is 328 g/mol. The first-order chi connectivity index (χ1) is 11.9. The van der Waals surface area contributed by atoms with E-state index in [4.69, 9.17) is 4.74 Å². The van der Waals surface area contributed by atoms with Crippen LogP contribution in [0.1, 0.15) is 59.5 Å². The lowest BCUT2D eigenvalue weighted by Gasteiger charge is -2.20. The molecule has 7 nitrogen and oxygen atoms in total. The zero-order valence-electron chi connectivity index (χ0n) is 13.0. The zero-order valence-corrected chi connectivity index (χ0v) is 13.0. The number of ketones is 2. The predicted octanol–water partition coefficient (Wildman–Crippen LogP) is 2.04. The van der Waals surface area contributed by atoms with E-state index in [1.165, 1.54) is 18.2 Å². The molecule has 0 aromatic heterocycles. The topological polar surface area (TPSA) is 118 Å². The normalized spacial score (nSPS) is 12.4. The number of aromatic carboxylic acids is 1. The van der Waals surface area contributed by atoms with Crippen molar-refractivity contribution in [1.29, 1.82) is 0 Å². The second-order valence-corrected chi connectivity index (χ2v) is 5.33. The summed E-state index contributed by atoms with van der Waals surface area (Å²) in [6, 6.07) is 6.11. The number of phenols is 1. The van der Waals surface area contributed by atoms with Gasteiger partial charge in [0.25, 0.3) is 0 Å². The van der Waals surface area contributed by atoms with Gasteiger partial charge in [-0.25, -0.2) is 9.59 Å². The quantitative estimate of drug-likeness (QED) is 0.700. The van der Waals surface area contributed by atoms with Crippen LogP contribution in [0.15, 0.2) is 30.3 Å². The van der Waals surface area contributed by atoms with Crippen molar-refractivity contribution in [2.24, 2.45) is 0 Å². The summed E-state index contributed by atoms with van der Waals surface area (Å²) in [5.74, 6) is -4.08. The number of carboxylic acids is 1. The summed E-state index contributed by atoms with van der Waals surface area (Å²) in [5.41, 5.74) is -1.46. The number of hydrogen-bond donors (Lipinski definition) is 2. The molecule has 25 heavy (non-hydrogen) atoms. The molecule has 3 rings (SSSR count). The fraction of sp³-hybridized carbons (Fsp3) is 0.111. The van der Waals surface area contributed by atoms with Gasteiger partial charge in [0.05, 0.1) is 23.3 Å². The van der Waals surface area contributed by atoms with E-state index in [0.29, 0.717) is 0 Å². The summed E-state index contributed by atoms with van der Waals surface area (Å²) in [6.07, 6.45) is 0. The second kappa shape index (κ2) is 5.86. The van der Waals surface area contributed by atoms with Crippen LogP contribution in [0, 0.1) is 0 Å². The maximum Gasteiger partial charge on any atom is 0.338 e. The standard InChI is InChI=1S/C18H12O7/c1-2-25-18(24)8-6-10-13(11(7-8)17(22)23)15(20)9-4-3-5-12(19)14(9)16(10)21/h3-7,19H,2H2,1H3,(H,22,23). The molecule has 0 saturated carbocycles. The molecule has 1 aliphatic carbocycles. The summed E-state index contributed by atoms with van der Waals surface area (Å²) in [7, 11) is 0. The lowest BCUT2D eigenvalue weighted by atomic mass is 9.80. The molecule has 0 aliphatic heterocycles. The van der Waals surface area contributed by atoms with Crippen LogP contribution in [0.2, 0.25) is 0 Å². The van der Waals surface area contributed by atoms with Crippen molar-refractivity contribution in [3.63, 3.8) is 0 Å². The Labute approximate surface area is 141 Å². The number of hydrogen-bond acceptors (Lipinski definition) is 6. The summed E-state index contributed by atoms with van der Waals surface area (Å²) >= 11 is 0. The first kappa shape index (κ1) is 16.4. The number of benzene rings is 2. The Kier molecular flexibility index (Phi) is 3.84. The second-order valence-electron chi connectivity index (χ2n) is 5.33. The molecule has 2 aromatic carbocycles. The van der Waals surface area contributed by atoms with Gasteiger partial charge in [0.15, 0.2) is 11.6 Å². The number of aromatic hydroxyl groups is 1. The number of carbonyl (C=O) groups excluding carboxylic acids is 3. The summed E-state index contributed by atoms with van der Waals surface area (Å²) in [6.45, 7) is 1.65. The maximum atomic E-state index is 12.7. The van der Waals surface area contributed by atoms with Gasteiger partial charge >= 0.3 is 11.9 Å². The third kappa shape index (κ3) is 2.46. The molecule has 0 unspecified atom stereocenters. The first-order valence-electron chi connectivity index (χ1n) is 7.36. The highest BCUT2D eigenvalue weighted by atomic mass is 16.5. The monoisotopic (exact) mass is 340 g/mol. The van der Waals surface area contributed by atoms with Crippen LogP contribution in [0.5, 0.6) is 5.75 Å². The number of esters is 1.